The molecule has 0 spiro atoms. The van der Waals surface area contributed by atoms with Gasteiger partial charge in [-0.05, 0) is 36.5 Å². The van der Waals surface area contributed by atoms with Crippen molar-refractivity contribution in [1.82, 2.24) is 4.31 Å². The predicted octanol–water partition coefficient (Wildman–Crippen LogP) is 1.17. The van der Waals surface area contributed by atoms with Gasteiger partial charge in [-0.25, -0.2) is 25.3 Å². The van der Waals surface area contributed by atoms with Crippen molar-refractivity contribution >= 4 is 29.7 Å². The zero-order chi connectivity index (χ0) is 20.0. The smallest absolute Gasteiger partial charge is 0.229 e. The van der Waals surface area contributed by atoms with E-state index in [-0.39, 0.29) is 46.7 Å². The Balaban J connectivity index is 2.01. The Morgan fingerprint density at radius 2 is 1.33 bits per heavy atom. The van der Waals surface area contributed by atoms with Crippen molar-refractivity contribution in [1.29, 1.82) is 0 Å². The summed E-state index contributed by atoms with van der Waals surface area (Å²) in [7, 11) is -10.6. The summed E-state index contributed by atoms with van der Waals surface area (Å²) in [5, 5.41) is 0. The molecular weight excluding hydrogens is 410 g/mol. The molecule has 2 fully saturated rings. The van der Waals surface area contributed by atoms with Gasteiger partial charge in [0.1, 0.15) is 0 Å². The van der Waals surface area contributed by atoms with E-state index < -0.39 is 41.8 Å². The summed E-state index contributed by atoms with van der Waals surface area (Å²) in [6.45, 7) is 4.01. The van der Waals surface area contributed by atoms with Crippen LogP contribution in [0.2, 0.25) is 0 Å². The summed E-state index contributed by atoms with van der Waals surface area (Å²) in [6, 6.07) is 5.08. The van der Waals surface area contributed by atoms with Crippen LogP contribution in [0.15, 0.2) is 29.2 Å². The maximum atomic E-state index is 13.3. The van der Waals surface area contributed by atoms with Crippen molar-refractivity contribution in [3.05, 3.63) is 29.8 Å². The van der Waals surface area contributed by atoms with Crippen LogP contribution in [0.25, 0.3) is 0 Å². The number of sulfone groups is 2. The molecule has 2 heterocycles. The molecule has 0 amide bonds. The minimum absolute atomic E-state index is 0.0699. The van der Waals surface area contributed by atoms with E-state index in [2.05, 4.69) is 0 Å². The summed E-state index contributed by atoms with van der Waals surface area (Å²) < 4.78 is 75.6. The van der Waals surface area contributed by atoms with E-state index in [1.54, 1.807) is 12.1 Å². The lowest BCUT2D eigenvalue weighted by Gasteiger charge is -2.32. The van der Waals surface area contributed by atoms with Crippen molar-refractivity contribution < 1.29 is 25.3 Å². The summed E-state index contributed by atoms with van der Waals surface area (Å²) in [5.41, 5.74) is 0.993. The molecule has 0 bridgehead atoms. The summed E-state index contributed by atoms with van der Waals surface area (Å²) in [5.74, 6) is -0.414. The highest BCUT2D eigenvalue weighted by atomic mass is 32.2. The zero-order valence-electron chi connectivity index (χ0n) is 15.4. The fraction of sp³-hybridized carbons (Fsp3) is 0.647. The van der Waals surface area contributed by atoms with Crippen LogP contribution >= 0.6 is 0 Å². The molecule has 2 aliphatic heterocycles. The zero-order valence-corrected chi connectivity index (χ0v) is 17.9. The monoisotopic (exact) mass is 435 g/mol. The van der Waals surface area contributed by atoms with E-state index in [0.29, 0.717) is 0 Å². The second kappa shape index (κ2) is 7.13. The van der Waals surface area contributed by atoms with Gasteiger partial charge in [0.05, 0.1) is 27.9 Å². The Morgan fingerprint density at radius 1 is 0.889 bits per heavy atom. The Kier molecular flexibility index (Phi) is 5.48. The number of benzene rings is 1. The molecule has 0 radical (unpaired) electrons. The molecule has 1 aromatic carbocycles. The van der Waals surface area contributed by atoms with Crippen LogP contribution in [0.4, 0.5) is 0 Å². The van der Waals surface area contributed by atoms with Crippen LogP contribution in [-0.4, -0.2) is 64.7 Å². The van der Waals surface area contributed by atoms with Crippen molar-refractivity contribution in [2.24, 2.45) is 0 Å². The highest BCUT2D eigenvalue weighted by Gasteiger charge is 2.45. The molecule has 2 saturated heterocycles. The van der Waals surface area contributed by atoms with E-state index in [1.807, 2.05) is 13.8 Å². The van der Waals surface area contributed by atoms with Gasteiger partial charge in [-0.3, -0.25) is 0 Å². The predicted molar refractivity (Wildman–Crippen MR) is 104 cm³/mol. The topological polar surface area (TPSA) is 106 Å². The highest BCUT2D eigenvalue weighted by molar-refractivity contribution is 7.92. The maximum absolute atomic E-state index is 13.3. The van der Waals surface area contributed by atoms with E-state index >= 15 is 0 Å². The van der Waals surface area contributed by atoms with Gasteiger partial charge in [0, 0.05) is 12.1 Å². The van der Waals surface area contributed by atoms with Gasteiger partial charge in [0.2, 0.25) is 10.0 Å². The van der Waals surface area contributed by atoms with Crippen molar-refractivity contribution in [3.8, 4) is 0 Å². The first kappa shape index (κ1) is 20.8. The van der Waals surface area contributed by atoms with Crippen LogP contribution in [0.5, 0.6) is 0 Å². The quantitative estimate of drug-likeness (QED) is 0.687. The Morgan fingerprint density at radius 3 is 1.67 bits per heavy atom. The average molecular weight is 436 g/mol. The molecule has 27 heavy (non-hydrogen) atoms. The summed E-state index contributed by atoms with van der Waals surface area (Å²) >= 11 is 0. The SMILES string of the molecule is CC(C)c1ccc(S(=O)(=O)N([C@H]2CCS(=O)(=O)C2)[C@H]2CCS(=O)(=O)C2)cc1. The highest BCUT2D eigenvalue weighted by Crippen LogP contribution is 2.32. The molecule has 7 nitrogen and oxygen atoms in total. The van der Waals surface area contributed by atoms with Crippen molar-refractivity contribution in [2.45, 2.75) is 49.6 Å². The third-order valence-corrected chi connectivity index (χ3v) is 10.8. The van der Waals surface area contributed by atoms with Crippen molar-refractivity contribution in [2.75, 3.05) is 23.0 Å². The first-order chi connectivity index (χ1) is 12.4. The Bertz CT molecular complexity index is 967. The minimum Gasteiger partial charge on any atom is -0.229 e. The maximum Gasteiger partial charge on any atom is 0.243 e. The number of rotatable bonds is 5. The second-order valence-electron chi connectivity index (χ2n) is 7.67. The third-order valence-electron chi connectivity index (χ3n) is 5.26. The molecular formula is C17H25NO6S3. The molecule has 0 aliphatic carbocycles. The third kappa shape index (κ3) is 4.38. The molecule has 0 aromatic heterocycles. The number of hydrogen-bond acceptors (Lipinski definition) is 6. The van der Waals surface area contributed by atoms with Gasteiger partial charge in [0.25, 0.3) is 0 Å². The lowest BCUT2D eigenvalue weighted by molar-refractivity contribution is 0.280. The summed E-state index contributed by atoms with van der Waals surface area (Å²) in [4.78, 5) is 0.0699. The van der Waals surface area contributed by atoms with Crippen molar-refractivity contribution in [3.63, 3.8) is 0 Å². The van der Waals surface area contributed by atoms with Gasteiger partial charge in [0.15, 0.2) is 19.7 Å². The molecule has 2 atom stereocenters. The van der Waals surface area contributed by atoms with E-state index in [1.165, 1.54) is 16.4 Å². The molecule has 152 valence electrons. The Hall–Kier alpha value is -0.970. The lowest BCUT2D eigenvalue weighted by Crippen LogP contribution is -2.48. The molecule has 3 rings (SSSR count). The first-order valence-electron chi connectivity index (χ1n) is 8.96. The largest absolute Gasteiger partial charge is 0.243 e. The molecule has 0 saturated carbocycles. The second-order valence-corrected chi connectivity index (χ2v) is 14.0. The normalized spacial score (nSPS) is 27.4. The van der Waals surface area contributed by atoms with Crippen LogP contribution in [0, 0.1) is 0 Å². The fourth-order valence-electron chi connectivity index (χ4n) is 3.79. The number of sulfonamides is 1. The number of hydrogen-bond donors (Lipinski definition) is 0. The molecule has 1 aromatic rings. The lowest BCUT2D eigenvalue weighted by atomic mass is 10.0. The first-order valence-corrected chi connectivity index (χ1v) is 14.0. The fourth-order valence-corrected chi connectivity index (χ4v) is 9.27. The van der Waals surface area contributed by atoms with Gasteiger partial charge < -0.3 is 0 Å². The Labute approximate surface area is 161 Å². The molecule has 0 N–H and O–H groups in total. The molecule has 2 aliphatic rings. The number of nitrogens with zero attached hydrogens (tertiary/aromatic N) is 1. The van der Waals surface area contributed by atoms with E-state index in [4.69, 9.17) is 0 Å². The van der Waals surface area contributed by atoms with E-state index in [0.717, 1.165) is 5.56 Å². The minimum atomic E-state index is -4.01. The average Bonchev–Trinajstić information content (AvgIpc) is 3.09. The van der Waals surface area contributed by atoms with E-state index in [9.17, 15) is 25.3 Å². The van der Waals surface area contributed by atoms with Gasteiger partial charge in [-0.15, -0.1) is 0 Å². The summed E-state index contributed by atoms with van der Waals surface area (Å²) in [6.07, 6.45) is 0.393. The van der Waals surface area contributed by atoms with Gasteiger partial charge in [-0.1, -0.05) is 26.0 Å². The van der Waals surface area contributed by atoms with Crippen LogP contribution in [-0.2, 0) is 29.7 Å². The standard InChI is InChI=1S/C17H25NO6S3/c1-13(2)14-3-5-17(6-4-14)27(23,24)18(15-7-9-25(19,20)11-15)16-8-10-26(21,22)12-16/h3-6,13,15-16H,7-12H2,1-2H3/t15-,16-/m0/s1. The van der Waals surface area contributed by atoms with Gasteiger partial charge in [-0.2, -0.15) is 4.31 Å². The van der Waals surface area contributed by atoms with Gasteiger partial charge >= 0.3 is 0 Å². The van der Waals surface area contributed by atoms with Crippen LogP contribution in [0.3, 0.4) is 0 Å². The van der Waals surface area contributed by atoms with Crippen LogP contribution in [0.1, 0.15) is 38.2 Å². The van der Waals surface area contributed by atoms with Crippen LogP contribution < -0.4 is 0 Å². The molecule has 10 heteroatoms. The molecule has 0 unspecified atom stereocenters.